The van der Waals surface area contributed by atoms with Crippen molar-refractivity contribution < 1.29 is 9.59 Å². The molecule has 1 saturated carbocycles. The molecule has 3 aromatic rings. The molecule has 4 rings (SSSR count). The smallest absolute Gasteiger partial charge is 0.277 e. The molecule has 1 aromatic carbocycles. The van der Waals surface area contributed by atoms with Gasteiger partial charge in [0.05, 0.1) is 16.3 Å². The number of hydrogen-bond acceptors (Lipinski definition) is 4. The first kappa shape index (κ1) is 21.8. The van der Waals surface area contributed by atoms with Gasteiger partial charge in [0.1, 0.15) is 10.3 Å². The summed E-state index contributed by atoms with van der Waals surface area (Å²) in [7, 11) is 0. The van der Waals surface area contributed by atoms with Gasteiger partial charge in [-0.25, -0.2) is 9.67 Å². The van der Waals surface area contributed by atoms with Crippen LogP contribution in [0.25, 0.3) is 5.82 Å². The van der Waals surface area contributed by atoms with Crippen molar-refractivity contribution in [1.29, 1.82) is 0 Å². The van der Waals surface area contributed by atoms with Crippen LogP contribution in [0.2, 0.25) is 10.0 Å². The number of pyridine rings is 1. The maximum atomic E-state index is 13.7. The van der Waals surface area contributed by atoms with Gasteiger partial charge in [0.15, 0.2) is 5.82 Å². The summed E-state index contributed by atoms with van der Waals surface area (Å²) in [6, 6.07) is 7.90. The van der Waals surface area contributed by atoms with Crippen molar-refractivity contribution in [1.82, 2.24) is 14.8 Å². The number of carbonyl (C=O) groups excluding carboxylic acids is 2. The van der Waals surface area contributed by atoms with Gasteiger partial charge >= 0.3 is 0 Å². The highest BCUT2D eigenvalue weighted by atomic mass is 79.9. The fourth-order valence-electron chi connectivity index (χ4n) is 3.07. The minimum absolute atomic E-state index is 0.0916. The Morgan fingerprint density at radius 2 is 1.90 bits per heavy atom. The van der Waals surface area contributed by atoms with Crippen molar-refractivity contribution in [3.8, 4) is 5.82 Å². The van der Waals surface area contributed by atoms with Crippen LogP contribution >= 0.6 is 66.7 Å². The average molecular weight is 593 g/mol. The van der Waals surface area contributed by atoms with Crippen LogP contribution in [0.3, 0.4) is 0 Å². The van der Waals surface area contributed by atoms with Crippen LogP contribution in [0.4, 0.5) is 5.69 Å². The summed E-state index contributed by atoms with van der Waals surface area (Å²) in [5.74, 6) is -0.0626. The molecule has 0 N–H and O–H groups in total. The van der Waals surface area contributed by atoms with Gasteiger partial charge in [0.25, 0.3) is 11.1 Å². The Kier molecular flexibility index (Phi) is 6.23. The van der Waals surface area contributed by atoms with E-state index >= 15 is 0 Å². The number of aromatic nitrogens is 3. The molecule has 0 saturated heterocycles. The lowest BCUT2D eigenvalue weighted by atomic mass is 10.1. The van der Waals surface area contributed by atoms with E-state index < -0.39 is 5.24 Å². The Hall–Kier alpha value is -1.45. The summed E-state index contributed by atoms with van der Waals surface area (Å²) >= 11 is 24.9. The Balaban J connectivity index is 1.88. The van der Waals surface area contributed by atoms with Gasteiger partial charge in [-0.2, -0.15) is 5.10 Å². The quantitative estimate of drug-likeness (QED) is 0.327. The van der Waals surface area contributed by atoms with E-state index in [4.69, 9.17) is 34.8 Å². The Morgan fingerprint density at radius 1 is 1.17 bits per heavy atom. The number of amides is 1. The van der Waals surface area contributed by atoms with Gasteiger partial charge in [0.2, 0.25) is 0 Å². The number of halogens is 5. The minimum atomic E-state index is -0.714. The maximum absolute atomic E-state index is 13.7. The normalized spacial score (nSPS) is 13.4. The number of rotatable bonds is 5. The standard InChI is InChI=1S/C19H11Br2Cl3N4O2/c20-12-7-9(22)6-11(17(24)29)16(12)27(10-3-4-10)19(30)14-8-15(21)26-28(14)18-13(23)2-1-5-25-18/h1-2,5-8,10H,3-4H2. The number of anilines is 1. The second-order valence-corrected chi connectivity index (χ2v) is 9.39. The monoisotopic (exact) mass is 590 g/mol. The first-order valence-corrected chi connectivity index (χ1v) is 11.4. The number of carbonyl (C=O) groups is 2. The minimum Gasteiger partial charge on any atom is -0.302 e. The largest absolute Gasteiger partial charge is 0.302 e. The summed E-state index contributed by atoms with van der Waals surface area (Å²) in [4.78, 5) is 31.6. The molecule has 1 aliphatic rings. The number of nitrogens with zero attached hydrogens (tertiary/aromatic N) is 4. The van der Waals surface area contributed by atoms with E-state index in [1.165, 1.54) is 10.7 Å². The third-order valence-electron chi connectivity index (χ3n) is 4.45. The first-order valence-electron chi connectivity index (χ1n) is 8.67. The molecule has 154 valence electrons. The molecule has 1 amide bonds. The second-order valence-electron chi connectivity index (χ2n) is 6.54. The molecule has 0 aliphatic heterocycles. The van der Waals surface area contributed by atoms with Gasteiger partial charge < -0.3 is 4.90 Å². The number of benzene rings is 1. The summed E-state index contributed by atoms with van der Waals surface area (Å²) in [6.07, 6.45) is 3.14. The van der Waals surface area contributed by atoms with Crippen LogP contribution < -0.4 is 4.90 Å². The molecular formula is C19H11Br2Cl3N4O2. The molecule has 6 nitrogen and oxygen atoms in total. The topological polar surface area (TPSA) is 68.1 Å². The van der Waals surface area contributed by atoms with Crippen molar-refractivity contribution in [2.75, 3.05) is 4.90 Å². The Labute approximate surface area is 203 Å². The average Bonchev–Trinajstić information content (AvgIpc) is 3.44. The highest BCUT2D eigenvalue weighted by Gasteiger charge is 2.39. The molecule has 1 aliphatic carbocycles. The van der Waals surface area contributed by atoms with Crippen LogP contribution in [-0.2, 0) is 0 Å². The molecule has 0 radical (unpaired) electrons. The van der Waals surface area contributed by atoms with E-state index in [0.29, 0.717) is 30.6 Å². The van der Waals surface area contributed by atoms with Crippen molar-refractivity contribution in [3.05, 3.63) is 66.9 Å². The van der Waals surface area contributed by atoms with E-state index in [0.717, 1.165) is 12.8 Å². The van der Waals surface area contributed by atoms with Crippen LogP contribution in [-0.4, -0.2) is 32.0 Å². The summed E-state index contributed by atoms with van der Waals surface area (Å²) < 4.78 is 2.29. The Morgan fingerprint density at radius 3 is 2.53 bits per heavy atom. The molecule has 2 aromatic heterocycles. The maximum Gasteiger partial charge on any atom is 0.277 e. The van der Waals surface area contributed by atoms with E-state index in [1.807, 2.05) is 0 Å². The summed E-state index contributed by atoms with van der Waals surface area (Å²) in [6.45, 7) is 0. The highest BCUT2D eigenvalue weighted by Crippen LogP contribution is 2.41. The zero-order chi connectivity index (χ0) is 21.6. The molecule has 2 heterocycles. The third-order valence-corrected chi connectivity index (χ3v) is 6.16. The molecule has 1 fully saturated rings. The van der Waals surface area contributed by atoms with E-state index in [2.05, 4.69) is 41.9 Å². The lowest BCUT2D eigenvalue weighted by molar-refractivity contribution is 0.0977. The van der Waals surface area contributed by atoms with E-state index in [-0.39, 0.29) is 23.2 Å². The SMILES string of the molecule is O=C(Cl)c1cc(Cl)cc(Br)c1N(C(=O)c1cc(Br)nn1-c1ncccc1Cl)C1CC1. The predicted molar refractivity (Wildman–Crippen MR) is 123 cm³/mol. The summed E-state index contributed by atoms with van der Waals surface area (Å²) in [5.41, 5.74) is 0.726. The molecule has 0 atom stereocenters. The van der Waals surface area contributed by atoms with Crippen molar-refractivity contribution in [2.24, 2.45) is 0 Å². The van der Waals surface area contributed by atoms with Gasteiger partial charge in [0, 0.05) is 27.8 Å². The summed E-state index contributed by atoms with van der Waals surface area (Å²) in [5, 5.41) is 4.27. The third kappa shape index (κ3) is 4.16. The highest BCUT2D eigenvalue weighted by molar-refractivity contribution is 9.10. The van der Waals surface area contributed by atoms with Gasteiger partial charge in [-0.3, -0.25) is 9.59 Å². The lowest BCUT2D eigenvalue weighted by Gasteiger charge is -2.26. The van der Waals surface area contributed by atoms with Crippen LogP contribution in [0.5, 0.6) is 0 Å². The first-order chi connectivity index (χ1) is 14.3. The van der Waals surface area contributed by atoms with E-state index in [1.54, 1.807) is 35.4 Å². The lowest BCUT2D eigenvalue weighted by Crippen LogP contribution is -2.36. The second kappa shape index (κ2) is 8.59. The van der Waals surface area contributed by atoms with Crippen LogP contribution in [0.1, 0.15) is 33.7 Å². The zero-order valence-corrected chi connectivity index (χ0v) is 20.4. The van der Waals surface area contributed by atoms with Gasteiger partial charge in [-0.15, -0.1) is 0 Å². The van der Waals surface area contributed by atoms with Crippen molar-refractivity contribution in [2.45, 2.75) is 18.9 Å². The van der Waals surface area contributed by atoms with Crippen molar-refractivity contribution in [3.63, 3.8) is 0 Å². The van der Waals surface area contributed by atoms with Crippen LogP contribution in [0.15, 0.2) is 45.6 Å². The van der Waals surface area contributed by atoms with Crippen molar-refractivity contribution >= 4 is 83.5 Å². The molecule has 0 spiro atoms. The van der Waals surface area contributed by atoms with Gasteiger partial charge in [-0.05, 0) is 80.6 Å². The fraction of sp³-hybridized carbons (Fsp3) is 0.158. The number of hydrogen-bond donors (Lipinski definition) is 0. The zero-order valence-electron chi connectivity index (χ0n) is 15.0. The predicted octanol–water partition coefficient (Wildman–Crippen LogP) is 6.29. The van der Waals surface area contributed by atoms with Gasteiger partial charge in [-0.1, -0.05) is 23.2 Å². The molecular weight excluding hydrogens is 582 g/mol. The molecule has 11 heteroatoms. The molecule has 0 unspecified atom stereocenters. The van der Waals surface area contributed by atoms with E-state index in [9.17, 15) is 9.59 Å². The molecule has 30 heavy (non-hydrogen) atoms. The Bertz CT molecular complexity index is 1180. The van der Waals surface area contributed by atoms with Crippen LogP contribution in [0, 0.1) is 0 Å². The molecule has 0 bridgehead atoms. The fourth-order valence-corrected chi connectivity index (χ4v) is 4.79.